The van der Waals surface area contributed by atoms with E-state index in [1.54, 1.807) is 0 Å². The number of aliphatic carboxylic acids is 1. The fourth-order valence-electron chi connectivity index (χ4n) is 2.04. The number of carbonyl (C=O) groups is 2. The zero-order chi connectivity index (χ0) is 15.7. The van der Waals surface area contributed by atoms with E-state index in [2.05, 4.69) is 10.6 Å². The highest BCUT2D eigenvalue weighted by atomic mass is 19.4. The van der Waals surface area contributed by atoms with Crippen molar-refractivity contribution in [1.29, 1.82) is 0 Å². The molecular formula is C13H13F3N2O3. The van der Waals surface area contributed by atoms with Crippen LogP contribution >= 0.6 is 0 Å². The van der Waals surface area contributed by atoms with Crippen LogP contribution in [0.1, 0.15) is 24.8 Å². The second-order valence-corrected chi connectivity index (χ2v) is 4.90. The van der Waals surface area contributed by atoms with E-state index < -0.39 is 29.3 Å². The summed E-state index contributed by atoms with van der Waals surface area (Å²) in [7, 11) is 0. The Labute approximate surface area is 118 Å². The number of carboxylic acids is 1. The first-order valence-corrected chi connectivity index (χ1v) is 6.23. The molecule has 1 saturated carbocycles. The average molecular weight is 302 g/mol. The molecule has 0 aromatic heterocycles. The Hall–Kier alpha value is -2.25. The maximum Gasteiger partial charge on any atom is 0.416 e. The van der Waals surface area contributed by atoms with Crippen molar-refractivity contribution in [2.45, 2.75) is 31.0 Å². The Morgan fingerprint density at radius 3 is 2.10 bits per heavy atom. The SMILES string of the molecule is O=C(Nc1ccc(C(F)(F)F)cc1)NC1(C(=O)O)CCC1. The summed E-state index contributed by atoms with van der Waals surface area (Å²) in [6.07, 6.45) is -3.07. The molecule has 0 aliphatic heterocycles. The molecule has 1 aliphatic rings. The lowest BCUT2D eigenvalue weighted by atomic mass is 9.77. The van der Waals surface area contributed by atoms with Crippen molar-refractivity contribution in [3.05, 3.63) is 29.8 Å². The van der Waals surface area contributed by atoms with Gasteiger partial charge in [-0.1, -0.05) is 0 Å². The molecular weight excluding hydrogens is 289 g/mol. The van der Waals surface area contributed by atoms with E-state index >= 15 is 0 Å². The number of carbonyl (C=O) groups excluding carboxylic acids is 1. The van der Waals surface area contributed by atoms with E-state index in [0.717, 1.165) is 24.3 Å². The van der Waals surface area contributed by atoms with Crippen LogP contribution in [0, 0.1) is 0 Å². The minimum Gasteiger partial charge on any atom is -0.480 e. The topological polar surface area (TPSA) is 78.4 Å². The van der Waals surface area contributed by atoms with Gasteiger partial charge in [0, 0.05) is 5.69 Å². The Bertz CT molecular complexity index is 551. The molecule has 2 rings (SSSR count). The maximum atomic E-state index is 12.4. The van der Waals surface area contributed by atoms with E-state index in [1.165, 1.54) is 0 Å². The molecule has 0 heterocycles. The summed E-state index contributed by atoms with van der Waals surface area (Å²) in [5.41, 5.74) is -1.94. The Balaban J connectivity index is 1.98. The number of rotatable bonds is 3. The largest absolute Gasteiger partial charge is 0.480 e. The first kappa shape index (κ1) is 15.1. The molecule has 0 saturated heterocycles. The highest BCUT2D eigenvalue weighted by Crippen LogP contribution is 2.32. The lowest BCUT2D eigenvalue weighted by Crippen LogP contribution is -2.60. The highest BCUT2D eigenvalue weighted by molar-refractivity contribution is 5.94. The van der Waals surface area contributed by atoms with Gasteiger partial charge in [0.05, 0.1) is 5.56 Å². The number of amides is 2. The van der Waals surface area contributed by atoms with Gasteiger partial charge in [-0.25, -0.2) is 9.59 Å². The van der Waals surface area contributed by atoms with Crippen molar-refractivity contribution in [3.63, 3.8) is 0 Å². The molecule has 0 atom stereocenters. The standard InChI is InChI=1S/C13H13F3N2O3/c14-13(15,16)8-2-4-9(5-3-8)17-11(21)18-12(10(19)20)6-1-7-12/h2-5H,1,6-7H2,(H,19,20)(H2,17,18,21). The summed E-state index contributed by atoms with van der Waals surface area (Å²) >= 11 is 0. The zero-order valence-electron chi connectivity index (χ0n) is 10.8. The van der Waals surface area contributed by atoms with Gasteiger partial charge >= 0.3 is 18.2 Å². The van der Waals surface area contributed by atoms with E-state index in [0.29, 0.717) is 19.3 Å². The summed E-state index contributed by atoms with van der Waals surface area (Å²) < 4.78 is 37.1. The first-order valence-electron chi connectivity index (χ1n) is 6.23. The summed E-state index contributed by atoms with van der Waals surface area (Å²) in [6, 6.07) is 3.14. The van der Waals surface area contributed by atoms with Gasteiger partial charge in [-0.15, -0.1) is 0 Å². The molecule has 1 aliphatic carbocycles. The Kier molecular flexibility index (Phi) is 3.80. The van der Waals surface area contributed by atoms with Gasteiger partial charge in [0.2, 0.25) is 0 Å². The van der Waals surface area contributed by atoms with E-state index in [1.807, 2.05) is 0 Å². The van der Waals surface area contributed by atoms with Gasteiger partial charge in [-0.05, 0) is 43.5 Å². The van der Waals surface area contributed by atoms with Gasteiger partial charge < -0.3 is 15.7 Å². The minimum absolute atomic E-state index is 0.153. The second kappa shape index (κ2) is 5.27. The molecule has 2 amide bonds. The molecule has 3 N–H and O–H groups in total. The minimum atomic E-state index is -4.44. The van der Waals surface area contributed by atoms with E-state index in [9.17, 15) is 22.8 Å². The third kappa shape index (κ3) is 3.26. The molecule has 5 nitrogen and oxygen atoms in total. The van der Waals surface area contributed by atoms with Crippen LogP contribution in [-0.4, -0.2) is 22.6 Å². The smallest absolute Gasteiger partial charge is 0.416 e. The van der Waals surface area contributed by atoms with Crippen LogP contribution in [-0.2, 0) is 11.0 Å². The number of benzene rings is 1. The number of nitrogens with one attached hydrogen (secondary N) is 2. The number of hydrogen-bond acceptors (Lipinski definition) is 2. The van der Waals surface area contributed by atoms with Crippen LogP contribution in [0.3, 0.4) is 0 Å². The monoisotopic (exact) mass is 302 g/mol. The summed E-state index contributed by atoms with van der Waals surface area (Å²) in [6.45, 7) is 0. The lowest BCUT2D eigenvalue weighted by molar-refractivity contribution is -0.148. The van der Waals surface area contributed by atoms with Crippen LogP contribution in [0.4, 0.5) is 23.7 Å². The molecule has 0 radical (unpaired) electrons. The first-order chi connectivity index (χ1) is 9.73. The van der Waals surface area contributed by atoms with Gasteiger partial charge in [0.1, 0.15) is 5.54 Å². The molecule has 21 heavy (non-hydrogen) atoms. The number of halogens is 3. The van der Waals surface area contributed by atoms with Crippen molar-refractivity contribution in [2.24, 2.45) is 0 Å². The van der Waals surface area contributed by atoms with Crippen molar-refractivity contribution < 1.29 is 27.9 Å². The molecule has 1 fully saturated rings. The third-order valence-corrected chi connectivity index (χ3v) is 3.44. The quantitative estimate of drug-likeness (QED) is 0.803. The molecule has 0 unspecified atom stereocenters. The molecule has 8 heteroatoms. The number of hydrogen-bond donors (Lipinski definition) is 3. The molecule has 0 bridgehead atoms. The average Bonchev–Trinajstić information content (AvgIpc) is 2.33. The third-order valence-electron chi connectivity index (χ3n) is 3.44. The summed E-state index contributed by atoms with van der Waals surface area (Å²) in [5, 5.41) is 13.7. The number of alkyl halides is 3. The van der Waals surface area contributed by atoms with Gasteiger partial charge in [0.25, 0.3) is 0 Å². The van der Waals surface area contributed by atoms with Crippen LogP contribution in [0.2, 0.25) is 0 Å². The number of anilines is 1. The van der Waals surface area contributed by atoms with Crippen molar-refractivity contribution in [2.75, 3.05) is 5.32 Å². The summed E-state index contributed by atoms with van der Waals surface area (Å²) in [5.74, 6) is -1.11. The fraction of sp³-hybridized carbons (Fsp3) is 0.385. The number of urea groups is 1. The maximum absolute atomic E-state index is 12.4. The van der Waals surface area contributed by atoms with E-state index in [-0.39, 0.29) is 5.69 Å². The normalized spacial score (nSPS) is 16.7. The van der Waals surface area contributed by atoms with E-state index in [4.69, 9.17) is 5.11 Å². The highest BCUT2D eigenvalue weighted by Gasteiger charge is 2.45. The van der Waals surface area contributed by atoms with Crippen molar-refractivity contribution in [1.82, 2.24) is 5.32 Å². The van der Waals surface area contributed by atoms with Crippen LogP contribution in [0.15, 0.2) is 24.3 Å². The fourth-order valence-corrected chi connectivity index (χ4v) is 2.04. The van der Waals surface area contributed by atoms with Crippen LogP contribution < -0.4 is 10.6 Å². The predicted octanol–water partition coefficient (Wildman–Crippen LogP) is 2.83. The zero-order valence-corrected chi connectivity index (χ0v) is 10.8. The Morgan fingerprint density at radius 1 is 1.14 bits per heavy atom. The van der Waals surface area contributed by atoms with Crippen molar-refractivity contribution >= 4 is 17.7 Å². The molecule has 1 aromatic rings. The number of carboxylic acid groups (broad SMARTS) is 1. The van der Waals surface area contributed by atoms with Crippen LogP contribution in [0.5, 0.6) is 0 Å². The molecule has 1 aromatic carbocycles. The molecule has 114 valence electrons. The van der Waals surface area contributed by atoms with Crippen molar-refractivity contribution in [3.8, 4) is 0 Å². The summed E-state index contributed by atoms with van der Waals surface area (Å²) in [4.78, 5) is 22.8. The Morgan fingerprint density at radius 2 is 1.71 bits per heavy atom. The molecule has 0 spiro atoms. The van der Waals surface area contributed by atoms with Crippen LogP contribution in [0.25, 0.3) is 0 Å². The predicted molar refractivity (Wildman–Crippen MR) is 67.8 cm³/mol. The second-order valence-electron chi connectivity index (χ2n) is 4.90. The van der Waals surface area contributed by atoms with Gasteiger partial charge in [0.15, 0.2) is 0 Å². The van der Waals surface area contributed by atoms with Gasteiger partial charge in [-0.3, -0.25) is 0 Å². The lowest BCUT2D eigenvalue weighted by Gasteiger charge is -2.38. The van der Waals surface area contributed by atoms with Gasteiger partial charge in [-0.2, -0.15) is 13.2 Å².